The Labute approximate surface area is 316 Å². The second-order valence-corrected chi connectivity index (χ2v) is 19.7. The summed E-state index contributed by atoms with van der Waals surface area (Å²) < 4.78 is 2.51. The largest absolute Gasteiger partial charge is 0.309 e. The van der Waals surface area contributed by atoms with Crippen LogP contribution in [-0.4, -0.2) is 12.6 Å². The minimum absolute atomic E-state index is 1.22. The van der Waals surface area contributed by atoms with Crippen LogP contribution in [0.5, 0.6) is 0 Å². The fourth-order valence-electron chi connectivity index (χ4n) is 9.27. The second-order valence-electron chi connectivity index (χ2n) is 15.3. The van der Waals surface area contributed by atoms with Crippen LogP contribution in [0.2, 0.25) is 13.1 Å². The van der Waals surface area contributed by atoms with E-state index in [0.29, 0.717) is 0 Å². The zero-order valence-electron chi connectivity index (χ0n) is 30.3. The molecule has 0 spiro atoms. The smallest absolute Gasteiger partial charge is 0.113 e. The first-order chi connectivity index (χ1) is 26.5. The normalized spacial score (nSPS) is 13.1. The molecule has 1 aliphatic heterocycles. The summed E-state index contributed by atoms with van der Waals surface area (Å²) in [7, 11) is -2.00. The molecular weight excluding hydrogens is 667 g/mol. The Bertz CT molecular complexity index is 2980. The summed E-state index contributed by atoms with van der Waals surface area (Å²) in [5.74, 6) is 0. The molecule has 1 nitrogen and oxygen atoms in total. The third-order valence-corrected chi connectivity index (χ3v) is 15.5. The molecular formula is C52H37NSi. The van der Waals surface area contributed by atoms with Crippen molar-refractivity contribution in [3.63, 3.8) is 0 Å². The summed E-state index contributed by atoms with van der Waals surface area (Å²) in [5.41, 5.74) is 14.0. The van der Waals surface area contributed by atoms with Gasteiger partial charge in [-0.2, -0.15) is 0 Å². The summed E-state index contributed by atoms with van der Waals surface area (Å²) in [5, 5.41) is 10.7. The number of hydrogen-bond donors (Lipinski definition) is 0. The summed E-state index contributed by atoms with van der Waals surface area (Å²) in [6.07, 6.45) is 0. The van der Waals surface area contributed by atoms with Crippen molar-refractivity contribution in [1.82, 2.24) is 4.57 Å². The van der Waals surface area contributed by atoms with Gasteiger partial charge in [-0.1, -0.05) is 165 Å². The molecule has 1 aromatic heterocycles. The van der Waals surface area contributed by atoms with Crippen molar-refractivity contribution < 1.29 is 0 Å². The highest BCUT2D eigenvalue weighted by atomic mass is 28.3. The molecule has 0 aliphatic carbocycles. The molecule has 0 saturated heterocycles. The Morgan fingerprint density at radius 2 is 0.833 bits per heavy atom. The van der Waals surface area contributed by atoms with E-state index in [2.05, 4.69) is 206 Å². The Morgan fingerprint density at radius 3 is 1.44 bits per heavy atom. The highest BCUT2D eigenvalue weighted by molar-refractivity contribution is 7.03. The van der Waals surface area contributed by atoms with E-state index in [1.807, 2.05) is 0 Å². The van der Waals surface area contributed by atoms with Crippen LogP contribution in [0.1, 0.15) is 0 Å². The number of nitrogens with zero attached hydrogens (tertiary/aromatic N) is 1. The van der Waals surface area contributed by atoms with Crippen molar-refractivity contribution in [1.29, 1.82) is 0 Å². The topological polar surface area (TPSA) is 4.93 Å². The van der Waals surface area contributed by atoms with Crippen LogP contribution in [-0.2, 0) is 0 Å². The fourth-order valence-corrected chi connectivity index (χ4v) is 12.4. The van der Waals surface area contributed by atoms with E-state index in [1.165, 1.54) is 104 Å². The lowest BCUT2D eigenvalue weighted by Gasteiger charge is -2.20. The molecule has 0 radical (unpaired) electrons. The Balaban J connectivity index is 1.13. The average Bonchev–Trinajstić information content (AvgIpc) is 3.67. The molecule has 54 heavy (non-hydrogen) atoms. The van der Waals surface area contributed by atoms with Crippen LogP contribution in [0.15, 0.2) is 188 Å². The molecule has 0 N–H and O–H groups in total. The molecule has 2 heterocycles. The van der Waals surface area contributed by atoms with E-state index < -0.39 is 8.07 Å². The van der Waals surface area contributed by atoms with Gasteiger partial charge >= 0.3 is 0 Å². The maximum absolute atomic E-state index is 2.52. The molecule has 0 fully saturated rings. The lowest BCUT2D eigenvalue weighted by Crippen LogP contribution is -2.49. The van der Waals surface area contributed by atoms with Crippen molar-refractivity contribution in [3.8, 4) is 50.2 Å². The monoisotopic (exact) mass is 703 g/mol. The van der Waals surface area contributed by atoms with Gasteiger partial charge < -0.3 is 4.57 Å². The van der Waals surface area contributed by atoms with E-state index in [0.717, 1.165) is 0 Å². The Morgan fingerprint density at radius 1 is 0.333 bits per heavy atom. The van der Waals surface area contributed by atoms with Crippen molar-refractivity contribution in [2.24, 2.45) is 0 Å². The van der Waals surface area contributed by atoms with E-state index in [9.17, 15) is 0 Å². The summed E-state index contributed by atoms with van der Waals surface area (Å²) in [6.45, 7) is 5.05. The first-order valence-corrected chi connectivity index (χ1v) is 21.9. The maximum atomic E-state index is 2.52. The molecule has 0 saturated carbocycles. The molecule has 254 valence electrons. The minimum Gasteiger partial charge on any atom is -0.309 e. The quantitative estimate of drug-likeness (QED) is 0.161. The van der Waals surface area contributed by atoms with Gasteiger partial charge in [-0.15, -0.1) is 0 Å². The molecule has 2 heteroatoms. The van der Waals surface area contributed by atoms with Crippen molar-refractivity contribution in [3.05, 3.63) is 188 Å². The molecule has 0 amide bonds. The van der Waals surface area contributed by atoms with Gasteiger partial charge in [-0.3, -0.25) is 0 Å². The van der Waals surface area contributed by atoms with Gasteiger partial charge in [-0.05, 0) is 113 Å². The van der Waals surface area contributed by atoms with Gasteiger partial charge in [-0.25, -0.2) is 0 Å². The fraction of sp³-hybridized carbons (Fsp3) is 0.0385. The first kappa shape index (κ1) is 31.1. The first-order valence-electron chi connectivity index (χ1n) is 18.9. The van der Waals surface area contributed by atoms with Crippen LogP contribution in [0.25, 0.3) is 93.5 Å². The third-order valence-electron chi connectivity index (χ3n) is 12.0. The lowest BCUT2D eigenvalue weighted by molar-refractivity contribution is 1.18. The number of benzene rings is 9. The van der Waals surface area contributed by atoms with Crippen molar-refractivity contribution in [2.45, 2.75) is 13.1 Å². The van der Waals surface area contributed by atoms with E-state index in [-0.39, 0.29) is 0 Å². The lowest BCUT2D eigenvalue weighted by atomic mass is 9.95. The predicted octanol–water partition coefficient (Wildman–Crippen LogP) is 12.9. The minimum atomic E-state index is -2.00. The van der Waals surface area contributed by atoms with Gasteiger partial charge in [0, 0.05) is 16.5 Å². The van der Waals surface area contributed by atoms with Crippen molar-refractivity contribution >= 4 is 61.8 Å². The number of hydrogen-bond acceptors (Lipinski definition) is 0. The second kappa shape index (κ2) is 11.8. The van der Waals surface area contributed by atoms with Crippen LogP contribution >= 0.6 is 0 Å². The zero-order chi connectivity index (χ0) is 36.0. The van der Waals surface area contributed by atoms with Gasteiger partial charge in [0.2, 0.25) is 0 Å². The molecule has 1 aliphatic rings. The van der Waals surface area contributed by atoms with Gasteiger partial charge in [0.05, 0.1) is 11.0 Å². The van der Waals surface area contributed by atoms with Crippen LogP contribution < -0.4 is 10.4 Å². The Kier molecular flexibility index (Phi) is 6.77. The third kappa shape index (κ3) is 4.63. The van der Waals surface area contributed by atoms with E-state index in [1.54, 1.807) is 0 Å². The number of rotatable bonds is 4. The van der Waals surface area contributed by atoms with Crippen molar-refractivity contribution in [2.75, 3.05) is 0 Å². The highest BCUT2D eigenvalue weighted by Gasteiger charge is 2.38. The molecule has 9 aromatic carbocycles. The Hall–Kier alpha value is -6.48. The van der Waals surface area contributed by atoms with Crippen LogP contribution in [0.4, 0.5) is 0 Å². The van der Waals surface area contributed by atoms with Crippen LogP contribution in [0, 0.1) is 0 Å². The summed E-state index contributed by atoms with van der Waals surface area (Å²) in [6, 6.07) is 70.1. The molecule has 0 atom stereocenters. The average molecular weight is 704 g/mol. The summed E-state index contributed by atoms with van der Waals surface area (Å²) in [4.78, 5) is 0. The number of aromatic nitrogens is 1. The van der Waals surface area contributed by atoms with Gasteiger partial charge in [0.25, 0.3) is 0 Å². The van der Waals surface area contributed by atoms with E-state index >= 15 is 0 Å². The van der Waals surface area contributed by atoms with Gasteiger partial charge in [0.15, 0.2) is 0 Å². The summed E-state index contributed by atoms with van der Waals surface area (Å²) >= 11 is 0. The standard InChI is InChI=1S/C52H37NSi/c1-54(2)51-32-37(34-12-4-3-5-13-34)22-26-45(51)46-27-25-40(33-52(46)54)53-49-28-23-38(43-20-10-16-35-14-6-8-18-41(35)43)30-47(49)48-31-39(24-29-50(48)53)44-21-11-17-36-15-7-9-19-42(36)44/h3-33H,1-2H3. The molecule has 0 bridgehead atoms. The van der Waals surface area contributed by atoms with E-state index in [4.69, 9.17) is 0 Å². The van der Waals surface area contributed by atoms with Crippen LogP contribution in [0.3, 0.4) is 0 Å². The number of fused-ring (bicyclic) bond motifs is 8. The maximum Gasteiger partial charge on any atom is 0.113 e. The molecule has 0 unspecified atom stereocenters. The molecule has 11 rings (SSSR count). The highest BCUT2D eigenvalue weighted by Crippen LogP contribution is 2.40. The zero-order valence-corrected chi connectivity index (χ0v) is 31.3. The molecule has 10 aromatic rings. The SMILES string of the molecule is C[Si]1(C)c2cc(-c3ccccc3)ccc2-c2ccc(-n3c4ccc(-c5cccc6ccccc56)cc4c4cc(-c5cccc6ccccc56)ccc43)cc21. The van der Waals surface area contributed by atoms with Gasteiger partial charge in [0.1, 0.15) is 8.07 Å². The predicted molar refractivity (Wildman–Crippen MR) is 234 cm³/mol.